The SMILES string of the molecule is Cc1ccnc(Nc2cc(NCCNC(=O)c3cc([N+](=O)[O-])cc([N+](=O)[O-])c3)ncn2)c1. The molecule has 0 aliphatic heterocycles. The maximum Gasteiger partial charge on any atom is 0.277 e. The molecule has 0 aliphatic rings. The number of nitro benzene ring substituents is 2. The second-order valence-electron chi connectivity index (χ2n) is 6.57. The zero-order valence-electron chi connectivity index (χ0n) is 16.8. The summed E-state index contributed by atoms with van der Waals surface area (Å²) >= 11 is 0. The van der Waals surface area contributed by atoms with Gasteiger partial charge in [0, 0.05) is 37.5 Å². The average molecular weight is 438 g/mol. The fraction of sp³-hybridized carbons (Fsp3) is 0.158. The maximum absolute atomic E-state index is 12.3. The van der Waals surface area contributed by atoms with Crippen molar-refractivity contribution >= 4 is 34.7 Å². The van der Waals surface area contributed by atoms with Gasteiger partial charge in [-0.3, -0.25) is 25.0 Å². The van der Waals surface area contributed by atoms with E-state index in [2.05, 4.69) is 30.9 Å². The molecule has 0 bridgehead atoms. The number of hydrogen-bond acceptors (Lipinski definition) is 10. The number of rotatable bonds is 9. The minimum atomic E-state index is -0.793. The third-order valence-electron chi connectivity index (χ3n) is 4.14. The average Bonchev–Trinajstić information content (AvgIpc) is 2.76. The number of non-ortho nitro benzene ring substituents is 2. The lowest BCUT2D eigenvalue weighted by Crippen LogP contribution is -2.29. The lowest BCUT2D eigenvalue weighted by molar-refractivity contribution is -0.394. The summed E-state index contributed by atoms with van der Waals surface area (Å²) < 4.78 is 0. The molecule has 1 aromatic carbocycles. The lowest BCUT2D eigenvalue weighted by atomic mass is 10.1. The van der Waals surface area contributed by atoms with Crippen molar-refractivity contribution in [2.45, 2.75) is 6.92 Å². The van der Waals surface area contributed by atoms with Crippen LogP contribution in [0.4, 0.5) is 28.8 Å². The summed E-state index contributed by atoms with van der Waals surface area (Å²) in [6.45, 7) is 2.36. The van der Waals surface area contributed by atoms with E-state index in [1.54, 1.807) is 12.3 Å². The van der Waals surface area contributed by atoms with Crippen molar-refractivity contribution in [3.63, 3.8) is 0 Å². The van der Waals surface area contributed by atoms with Gasteiger partial charge >= 0.3 is 0 Å². The largest absolute Gasteiger partial charge is 0.368 e. The fourth-order valence-corrected chi connectivity index (χ4v) is 2.66. The van der Waals surface area contributed by atoms with Crippen LogP contribution in [-0.4, -0.2) is 43.8 Å². The zero-order chi connectivity index (χ0) is 23.1. The highest BCUT2D eigenvalue weighted by Gasteiger charge is 2.19. The highest BCUT2D eigenvalue weighted by molar-refractivity contribution is 5.95. The number of aryl methyl sites for hydroxylation is 1. The number of nitro groups is 2. The zero-order valence-corrected chi connectivity index (χ0v) is 16.8. The van der Waals surface area contributed by atoms with Crippen LogP contribution in [0.1, 0.15) is 15.9 Å². The van der Waals surface area contributed by atoms with E-state index < -0.39 is 27.1 Å². The smallest absolute Gasteiger partial charge is 0.277 e. The molecule has 0 atom stereocenters. The summed E-state index contributed by atoms with van der Waals surface area (Å²) in [7, 11) is 0. The third kappa shape index (κ3) is 5.91. The van der Waals surface area contributed by atoms with Crippen molar-refractivity contribution < 1.29 is 14.6 Å². The minimum Gasteiger partial charge on any atom is -0.368 e. The molecule has 0 saturated carbocycles. The van der Waals surface area contributed by atoms with E-state index in [-0.39, 0.29) is 18.7 Å². The first-order valence-corrected chi connectivity index (χ1v) is 9.29. The van der Waals surface area contributed by atoms with Gasteiger partial charge in [0.25, 0.3) is 17.3 Å². The van der Waals surface area contributed by atoms with E-state index >= 15 is 0 Å². The molecular weight excluding hydrogens is 420 g/mol. The maximum atomic E-state index is 12.3. The number of carbonyl (C=O) groups excluding carboxylic acids is 1. The van der Waals surface area contributed by atoms with Crippen molar-refractivity contribution in [3.8, 4) is 0 Å². The van der Waals surface area contributed by atoms with Gasteiger partial charge in [-0.2, -0.15) is 0 Å². The summed E-state index contributed by atoms with van der Waals surface area (Å²) in [5, 5.41) is 30.5. The number of pyridine rings is 1. The molecule has 2 aromatic heterocycles. The number of carbonyl (C=O) groups is 1. The van der Waals surface area contributed by atoms with Gasteiger partial charge in [0.1, 0.15) is 23.8 Å². The van der Waals surface area contributed by atoms with Crippen molar-refractivity contribution in [2.75, 3.05) is 23.7 Å². The van der Waals surface area contributed by atoms with E-state index in [0.29, 0.717) is 17.5 Å². The molecule has 0 unspecified atom stereocenters. The molecular formula is C19H18N8O5. The second-order valence-corrected chi connectivity index (χ2v) is 6.57. The Kier molecular flexibility index (Phi) is 6.80. The van der Waals surface area contributed by atoms with Crippen molar-refractivity contribution in [3.05, 3.63) is 80.3 Å². The fourth-order valence-electron chi connectivity index (χ4n) is 2.66. The molecule has 3 aromatic rings. The van der Waals surface area contributed by atoms with Gasteiger partial charge in [-0.1, -0.05) is 0 Å². The molecule has 0 spiro atoms. The van der Waals surface area contributed by atoms with E-state index in [0.717, 1.165) is 23.8 Å². The van der Waals surface area contributed by atoms with Gasteiger partial charge in [-0.05, 0) is 24.6 Å². The molecule has 2 heterocycles. The Balaban J connectivity index is 1.56. The lowest BCUT2D eigenvalue weighted by Gasteiger charge is -2.09. The Labute approximate surface area is 181 Å². The van der Waals surface area contributed by atoms with E-state index in [9.17, 15) is 25.0 Å². The van der Waals surface area contributed by atoms with Crippen molar-refractivity contribution in [1.82, 2.24) is 20.3 Å². The molecule has 164 valence electrons. The number of benzene rings is 1. The summed E-state index contributed by atoms with van der Waals surface area (Å²) in [6.07, 6.45) is 3.04. The van der Waals surface area contributed by atoms with Gasteiger partial charge in [0.2, 0.25) is 0 Å². The normalized spacial score (nSPS) is 10.3. The van der Waals surface area contributed by atoms with E-state index in [1.165, 1.54) is 6.33 Å². The van der Waals surface area contributed by atoms with Gasteiger partial charge < -0.3 is 16.0 Å². The Morgan fingerprint density at radius 2 is 1.56 bits per heavy atom. The summed E-state index contributed by atoms with van der Waals surface area (Å²) in [6, 6.07) is 8.16. The van der Waals surface area contributed by atoms with Crippen LogP contribution in [0.5, 0.6) is 0 Å². The molecule has 3 rings (SSSR count). The van der Waals surface area contributed by atoms with Crippen LogP contribution in [0, 0.1) is 27.2 Å². The van der Waals surface area contributed by atoms with Crippen LogP contribution in [0.15, 0.2) is 48.9 Å². The Bertz CT molecular complexity index is 1140. The Morgan fingerprint density at radius 1 is 0.906 bits per heavy atom. The molecule has 1 amide bonds. The number of amides is 1. The monoisotopic (exact) mass is 438 g/mol. The molecule has 13 nitrogen and oxygen atoms in total. The van der Waals surface area contributed by atoms with Crippen molar-refractivity contribution in [2.24, 2.45) is 0 Å². The molecule has 0 aliphatic carbocycles. The van der Waals surface area contributed by atoms with Crippen molar-refractivity contribution in [1.29, 1.82) is 0 Å². The predicted molar refractivity (Wildman–Crippen MR) is 115 cm³/mol. The Hall–Kier alpha value is -4.68. The quantitative estimate of drug-likeness (QED) is 0.255. The number of hydrogen-bond donors (Lipinski definition) is 3. The summed E-state index contributed by atoms with van der Waals surface area (Å²) in [5.74, 6) is 0.978. The number of nitrogens with zero attached hydrogens (tertiary/aromatic N) is 5. The van der Waals surface area contributed by atoms with Gasteiger partial charge in [-0.15, -0.1) is 0 Å². The molecule has 3 N–H and O–H groups in total. The standard InChI is InChI=1S/C19H18N8O5/c1-12-2-3-20-17(6-12)25-18-10-16(23-11-24-18)21-4-5-22-19(28)13-7-14(26(29)30)9-15(8-13)27(31)32/h2-3,6-11H,4-5H2,1H3,(H,22,28)(H2,20,21,23,24,25). The van der Waals surface area contributed by atoms with E-state index in [1.807, 2.05) is 19.1 Å². The van der Waals surface area contributed by atoms with Crippen LogP contribution < -0.4 is 16.0 Å². The van der Waals surface area contributed by atoms with Crippen LogP contribution in [0.25, 0.3) is 0 Å². The minimum absolute atomic E-state index is 0.140. The van der Waals surface area contributed by atoms with Gasteiger partial charge in [-0.25, -0.2) is 15.0 Å². The number of aromatic nitrogens is 3. The first-order valence-electron chi connectivity index (χ1n) is 9.29. The number of nitrogens with one attached hydrogen (secondary N) is 3. The van der Waals surface area contributed by atoms with Gasteiger partial charge in [0.05, 0.1) is 21.5 Å². The van der Waals surface area contributed by atoms with Crippen LogP contribution in [0.3, 0.4) is 0 Å². The first kappa shape index (κ1) is 22.0. The highest BCUT2D eigenvalue weighted by atomic mass is 16.6. The van der Waals surface area contributed by atoms with E-state index in [4.69, 9.17) is 0 Å². The van der Waals surface area contributed by atoms with Crippen LogP contribution >= 0.6 is 0 Å². The van der Waals surface area contributed by atoms with Crippen LogP contribution in [-0.2, 0) is 0 Å². The predicted octanol–water partition coefficient (Wildman–Crippen LogP) is 2.58. The topological polar surface area (TPSA) is 178 Å². The summed E-state index contributed by atoms with van der Waals surface area (Å²) in [5.41, 5.74) is -0.206. The molecule has 0 saturated heterocycles. The first-order chi connectivity index (χ1) is 15.3. The Morgan fingerprint density at radius 3 is 2.22 bits per heavy atom. The molecule has 0 fully saturated rings. The second kappa shape index (κ2) is 9.88. The third-order valence-corrected chi connectivity index (χ3v) is 4.14. The molecule has 0 radical (unpaired) electrons. The molecule has 13 heteroatoms. The number of anilines is 3. The summed E-state index contributed by atoms with van der Waals surface area (Å²) in [4.78, 5) is 45.0. The highest BCUT2D eigenvalue weighted by Crippen LogP contribution is 2.22. The van der Waals surface area contributed by atoms with Gasteiger partial charge in [0.15, 0.2) is 0 Å². The molecule has 32 heavy (non-hydrogen) atoms. The van der Waals surface area contributed by atoms with Crippen LogP contribution in [0.2, 0.25) is 0 Å².